The van der Waals surface area contributed by atoms with Gasteiger partial charge >= 0.3 is 0 Å². The maximum Gasteiger partial charge on any atom is 0.203 e. The minimum atomic E-state index is -2.51. The molecule has 0 amide bonds. The summed E-state index contributed by atoms with van der Waals surface area (Å²) in [5.74, 6) is 0. The second-order valence-electron chi connectivity index (χ2n) is 6.35. The topological polar surface area (TPSA) is 46.5 Å². The zero-order chi connectivity index (χ0) is 16.5. The van der Waals surface area contributed by atoms with Crippen LogP contribution in [0, 0.1) is 0 Å². The average Bonchev–Trinajstić information content (AvgIpc) is 2.52. The van der Waals surface area contributed by atoms with E-state index in [2.05, 4.69) is 13.8 Å². The van der Waals surface area contributed by atoms with Crippen molar-refractivity contribution in [2.45, 2.75) is 90.9 Å². The number of rotatable bonds is 17. The van der Waals surface area contributed by atoms with Crippen molar-refractivity contribution in [3.05, 3.63) is 0 Å². The molecule has 0 saturated heterocycles. The highest BCUT2D eigenvalue weighted by Crippen LogP contribution is 2.48. The Morgan fingerprint density at radius 2 is 1.14 bits per heavy atom. The molecule has 0 aromatic carbocycles. The summed E-state index contributed by atoms with van der Waals surface area (Å²) >= 11 is 0. The van der Waals surface area contributed by atoms with Crippen LogP contribution < -0.4 is 0 Å². The van der Waals surface area contributed by atoms with Crippen LogP contribution in [-0.2, 0) is 9.09 Å². The summed E-state index contributed by atoms with van der Waals surface area (Å²) in [7, 11) is -2.51. The molecule has 0 spiro atoms. The number of aliphatic hydroxyl groups excluding tert-OH is 1. The predicted molar refractivity (Wildman–Crippen MR) is 97.1 cm³/mol. The molecule has 0 aliphatic carbocycles. The predicted octanol–water partition coefficient (Wildman–Crippen LogP) is 5.99. The highest BCUT2D eigenvalue weighted by atomic mass is 31.2. The molecule has 0 fully saturated rings. The molecule has 4 heteroatoms. The minimum Gasteiger partial charge on any atom is -0.394 e. The van der Waals surface area contributed by atoms with E-state index >= 15 is 0 Å². The van der Waals surface area contributed by atoms with Gasteiger partial charge in [0.25, 0.3) is 0 Å². The second-order valence-corrected chi connectivity index (χ2v) is 9.14. The van der Waals surface area contributed by atoms with Crippen LogP contribution in [0.1, 0.15) is 90.9 Å². The Morgan fingerprint density at radius 3 is 1.55 bits per heavy atom. The van der Waals surface area contributed by atoms with E-state index in [1.165, 1.54) is 51.4 Å². The van der Waals surface area contributed by atoms with E-state index in [1.807, 2.05) is 0 Å². The molecule has 0 aliphatic rings. The normalized spacial score (nSPS) is 12.0. The standard InChI is InChI=1S/C18H39O3P/c1-3-5-7-9-11-13-17-22(20,21-16-15-19)18-14-12-10-8-6-4-2/h19H,3-18H2,1-2H3. The van der Waals surface area contributed by atoms with Crippen molar-refractivity contribution in [2.75, 3.05) is 25.5 Å². The third-order valence-electron chi connectivity index (χ3n) is 4.12. The molecule has 0 rings (SSSR count). The molecule has 0 aliphatic heterocycles. The highest BCUT2D eigenvalue weighted by Gasteiger charge is 2.21. The van der Waals surface area contributed by atoms with Crippen molar-refractivity contribution in [3.63, 3.8) is 0 Å². The summed E-state index contributed by atoms with van der Waals surface area (Å²) in [6.07, 6.45) is 15.9. The largest absolute Gasteiger partial charge is 0.394 e. The molecule has 1 N–H and O–H groups in total. The van der Waals surface area contributed by atoms with Gasteiger partial charge in [0.05, 0.1) is 13.2 Å². The Labute approximate surface area is 138 Å². The summed E-state index contributed by atoms with van der Waals surface area (Å²) in [6.45, 7) is 4.63. The van der Waals surface area contributed by atoms with Gasteiger partial charge in [-0.25, -0.2) is 0 Å². The second kappa shape index (κ2) is 16.0. The SMILES string of the molecule is CCCCCCCCP(=O)(CCCCCCCC)OCCO. The molecular formula is C18H39O3P. The molecule has 3 nitrogen and oxygen atoms in total. The molecule has 0 radical (unpaired) electrons. The van der Waals surface area contributed by atoms with Gasteiger partial charge in [-0.05, 0) is 12.8 Å². The zero-order valence-corrected chi connectivity index (χ0v) is 15.9. The molecule has 0 aromatic rings. The summed E-state index contributed by atoms with van der Waals surface area (Å²) < 4.78 is 18.4. The van der Waals surface area contributed by atoms with E-state index in [0.29, 0.717) is 12.3 Å². The van der Waals surface area contributed by atoms with Gasteiger partial charge in [-0.2, -0.15) is 0 Å². The van der Waals surface area contributed by atoms with Crippen molar-refractivity contribution in [1.29, 1.82) is 0 Å². The first kappa shape index (κ1) is 22.1. The van der Waals surface area contributed by atoms with Gasteiger partial charge in [-0.3, -0.25) is 4.57 Å². The van der Waals surface area contributed by atoms with Gasteiger partial charge in [0.15, 0.2) is 0 Å². The fourth-order valence-corrected chi connectivity index (χ4v) is 5.02. The zero-order valence-electron chi connectivity index (χ0n) is 15.0. The lowest BCUT2D eigenvalue weighted by molar-refractivity contribution is 0.202. The van der Waals surface area contributed by atoms with Crippen LogP contribution >= 0.6 is 7.37 Å². The van der Waals surface area contributed by atoms with Crippen molar-refractivity contribution in [3.8, 4) is 0 Å². The van der Waals surface area contributed by atoms with E-state index in [0.717, 1.165) is 25.7 Å². The maximum absolute atomic E-state index is 12.8. The summed E-state index contributed by atoms with van der Waals surface area (Å²) in [4.78, 5) is 0. The van der Waals surface area contributed by atoms with Gasteiger partial charge in [0.1, 0.15) is 0 Å². The quantitative estimate of drug-likeness (QED) is 0.262. The van der Waals surface area contributed by atoms with Crippen molar-refractivity contribution >= 4 is 7.37 Å². The fraction of sp³-hybridized carbons (Fsp3) is 1.00. The first-order valence-electron chi connectivity index (χ1n) is 9.52. The lowest BCUT2D eigenvalue weighted by atomic mass is 10.1. The average molecular weight is 334 g/mol. The molecule has 134 valence electrons. The van der Waals surface area contributed by atoms with E-state index in [-0.39, 0.29) is 13.2 Å². The Balaban J connectivity index is 3.87. The lowest BCUT2D eigenvalue weighted by Crippen LogP contribution is -2.04. The number of aliphatic hydroxyl groups is 1. The van der Waals surface area contributed by atoms with Crippen LogP contribution in [0.4, 0.5) is 0 Å². The van der Waals surface area contributed by atoms with E-state index in [4.69, 9.17) is 9.63 Å². The third-order valence-corrected chi connectivity index (χ3v) is 6.77. The van der Waals surface area contributed by atoms with Gasteiger partial charge in [0.2, 0.25) is 7.37 Å². The first-order chi connectivity index (χ1) is 10.7. The molecule has 0 unspecified atom stereocenters. The Morgan fingerprint density at radius 1 is 0.727 bits per heavy atom. The maximum atomic E-state index is 12.8. The smallest absolute Gasteiger partial charge is 0.203 e. The Hall–Kier alpha value is 0.150. The third kappa shape index (κ3) is 13.8. The monoisotopic (exact) mass is 334 g/mol. The molecule has 0 saturated carbocycles. The van der Waals surface area contributed by atoms with E-state index in [9.17, 15) is 4.57 Å². The molecule has 0 aromatic heterocycles. The Kier molecular flexibility index (Phi) is 16.1. The van der Waals surface area contributed by atoms with Gasteiger partial charge in [-0.1, -0.05) is 78.1 Å². The molecular weight excluding hydrogens is 295 g/mol. The van der Waals surface area contributed by atoms with Crippen LogP contribution in [-0.4, -0.2) is 30.6 Å². The van der Waals surface area contributed by atoms with Crippen LogP contribution in [0.3, 0.4) is 0 Å². The van der Waals surface area contributed by atoms with Gasteiger partial charge < -0.3 is 9.63 Å². The van der Waals surface area contributed by atoms with Crippen LogP contribution in [0.15, 0.2) is 0 Å². The number of hydrogen-bond donors (Lipinski definition) is 1. The molecule has 0 heterocycles. The summed E-state index contributed by atoms with van der Waals surface area (Å²) in [5.41, 5.74) is 0. The van der Waals surface area contributed by atoms with Crippen LogP contribution in [0.25, 0.3) is 0 Å². The highest BCUT2D eigenvalue weighted by molar-refractivity contribution is 7.58. The molecule has 0 atom stereocenters. The Bertz CT molecular complexity index is 249. The van der Waals surface area contributed by atoms with Crippen LogP contribution in [0.5, 0.6) is 0 Å². The van der Waals surface area contributed by atoms with Crippen molar-refractivity contribution in [1.82, 2.24) is 0 Å². The summed E-state index contributed by atoms with van der Waals surface area (Å²) in [6, 6.07) is 0. The summed E-state index contributed by atoms with van der Waals surface area (Å²) in [5, 5.41) is 8.92. The van der Waals surface area contributed by atoms with Gasteiger partial charge in [0, 0.05) is 12.3 Å². The van der Waals surface area contributed by atoms with Crippen molar-refractivity contribution in [2.24, 2.45) is 0 Å². The van der Waals surface area contributed by atoms with Crippen molar-refractivity contribution < 1.29 is 14.2 Å². The minimum absolute atomic E-state index is 0.0308. The number of unbranched alkanes of at least 4 members (excludes halogenated alkanes) is 10. The first-order valence-corrected chi connectivity index (χ1v) is 11.5. The van der Waals surface area contributed by atoms with Gasteiger partial charge in [-0.15, -0.1) is 0 Å². The van der Waals surface area contributed by atoms with E-state index < -0.39 is 7.37 Å². The fourth-order valence-electron chi connectivity index (χ4n) is 2.71. The number of hydrogen-bond acceptors (Lipinski definition) is 3. The molecule has 22 heavy (non-hydrogen) atoms. The van der Waals surface area contributed by atoms with Crippen LogP contribution in [0.2, 0.25) is 0 Å². The molecule has 0 bridgehead atoms. The van der Waals surface area contributed by atoms with E-state index in [1.54, 1.807) is 0 Å². The lowest BCUT2D eigenvalue weighted by Gasteiger charge is -2.18.